The maximum atomic E-state index is 12.1. The van der Waals surface area contributed by atoms with Gasteiger partial charge in [-0.25, -0.2) is 0 Å². The molecule has 0 amide bonds. The molecule has 21 heavy (non-hydrogen) atoms. The molecule has 0 aliphatic carbocycles. The van der Waals surface area contributed by atoms with Crippen LogP contribution in [0.2, 0.25) is 5.02 Å². The highest BCUT2D eigenvalue weighted by atomic mass is 35.5. The zero-order chi connectivity index (χ0) is 15.6. The van der Waals surface area contributed by atoms with Crippen molar-refractivity contribution < 1.29 is 9.72 Å². The SMILES string of the molecule is Cc1cc(=O)n(CC(=O)c2ccccc2Cl)cc1[N+](=O)[O-]. The number of carbonyl (C=O) groups is 1. The van der Waals surface area contributed by atoms with Crippen LogP contribution in [-0.4, -0.2) is 15.3 Å². The Labute approximate surface area is 124 Å². The summed E-state index contributed by atoms with van der Waals surface area (Å²) in [5, 5.41) is 11.2. The van der Waals surface area contributed by atoms with Gasteiger partial charge in [0.05, 0.1) is 22.7 Å². The molecule has 0 radical (unpaired) electrons. The zero-order valence-electron chi connectivity index (χ0n) is 11.1. The fourth-order valence-electron chi connectivity index (χ4n) is 1.90. The summed E-state index contributed by atoms with van der Waals surface area (Å²) in [7, 11) is 0. The number of ketones is 1. The Hall–Kier alpha value is -2.47. The number of rotatable bonds is 4. The van der Waals surface area contributed by atoms with Crippen molar-refractivity contribution >= 4 is 23.1 Å². The van der Waals surface area contributed by atoms with Gasteiger partial charge in [0.2, 0.25) is 0 Å². The molecule has 2 aromatic rings. The standard InChI is InChI=1S/C14H11ClN2O4/c1-9-6-14(19)16(7-12(9)17(20)21)8-13(18)10-4-2-3-5-11(10)15/h2-7H,8H2,1H3. The summed E-state index contributed by atoms with van der Waals surface area (Å²) in [6.45, 7) is 1.17. The van der Waals surface area contributed by atoms with Gasteiger partial charge >= 0.3 is 0 Å². The molecular formula is C14H11ClN2O4. The number of carbonyl (C=O) groups excluding carboxylic acids is 1. The number of nitro groups is 1. The number of Topliss-reactive ketones (excluding diaryl/α,β-unsaturated/α-hetero) is 1. The molecule has 0 spiro atoms. The Morgan fingerprint density at radius 2 is 2.05 bits per heavy atom. The predicted molar refractivity (Wildman–Crippen MR) is 77.9 cm³/mol. The van der Waals surface area contributed by atoms with E-state index in [-0.39, 0.29) is 34.2 Å². The number of nitrogens with zero attached hydrogens (tertiary/aromatic N) is 2. The molecule has 1 aromatic heterocycles. The maximum Gasteiger partial charge on any atom is 0.288 e. The smallest absolute Gasteiger partial charge is 0.288 e. The topological polar surface area (TPSA) is 82.2 Å². The van der Waals surface area contributed by atoms with Crippen LogP contribution in [0.15, 0.2) is 41.3 Å². The van der Waals surface area contributed by atoms with Gasteiger partial charge in [0.25, 0.3) is 11.2 Å². The fraction of sp³-hybridized carbons (Fsp3) is 0.143. The summed E-state index contributed by atoms with van der Waals surface area (Å²) in [4.78, 5) is 34.2. The van der Waals surface area contributed by atoms with Gasteiger partial charge in [-0.05, 0) is 19.1 Å². The van der Waals surface area contributed by atoms with E-state index in [1.807, 2.05) is 0 Å². The van der Waals surface area contributed by atoms with Crippen molar-refractivity contribution in [1.82, 2.24) is 4.57 Å². The molecule has 0 unspecified atom stereocenters. The van der Waals surface area contributed by atoms with E-state index < -0.39 is 10.5 Å². The van der Waals surface area contributed by atoms with Crippen LogP contribution in [-0.2, 0) is 6.54 Å². The Morgan fingerprint density at radius 3 is 2.67 bits per heavy atom. The first-order chi connectivity index (χ1) is 9.90. The average molecular weight is 307 g/mol. The molecule has 1 aromatic carbocycles. The average Bonchev–Trinajstić information content (AvgIpc) is 2.41. The van der Waals surface area contributed by atoms with E-state index in [1.165, 1.54) is 13.0 Å². The van der Waals surface area contributed by atoms with E-state index in [9.17, 15) is 19.7 Å². The van der Waals surface area contributed by atoms with Gasteiger partial charge in [0, 0.05) is 17.2 Å². The molecule has 0 aliphatic rings. The lowest BCUT2D eigenvalue weighted by atomic mass is 10.1. The first kappa shape index (κ1) is 14.9. The fourth-order valence-corrected chi connectivity index (χ4v) is 2.14. The van der Waals surface area contributed by atoms with Crippen molar-refractivity contribution in [2.45, 2.75) is 13.5 Å². The van der Waals surface area contributed by atoms with Gasteiger partial charge in [-0.3, -0.25) is 19.7 Å². The Bertz CT molecular complexity index is 783. The molecule has 0 saturated carbocycles. The van der Waals surface area contributed by atoms with Gasteiger partial charge in [-0.1, -0.05) is 23.7 Å². The van der Waals surface area contributed by atoms with Crippen molar-refractivity contribution in [1.29, 1.82) is 0 Å². The summed E-state index contributed by atoms with van der Waals surface area (Å²) < 4.78 is 1.01. The molecule has 7 heteroatoms. The van der Waals surface area contributed by atoms with Crippen LogP contribution in [0.4, 0.5) is 5.69 Å². The largest absolute Gasteiger partial charge is 0.301 e. The normalized spacial score (nSPS) is 10.4. The van der Waals surface area contributed by atoms with Gasteiger partial charge in [0.1, 0.15) is 0 Å². The predicted octanol–water partition coefficient (Wildman–Crippen LogP) is 2.60. The van der Waals surface area contributed by atoms with Crippen molar-refractivity contribution in [3.8, 4) is 0 Å². The number of hydrogen-bond donors (Lipinski definition) is 0. The van der Waals surface area contributed by atoms with Crippen molar-refractivity contribution in [3.05, 3.63) is 73.1 Å². The Morgan fingerprint density at radius 1 is 1.38 bits per heavy atom. The number of hydrogen-bond acceptors (Lipinski definition) is 4. The monoisotopic (exact) mass is 306 g/mol. The summed E-state index contributed by atoms with van der Waals surface area (Å²) in [6, 6.07) is 7.58. The second kappa shape index (κ2) is 5.88. The number of benzene rings is 1. The quantitative estimate of drug-likeness (QED) is 0.494. The molecule has 6 nitrogen and oxygen atoms in total. The molecule has 108 valence electrons. The maximum absolute atomic E-state index is 12.1. The molecule has 0 aliphatic heterocycles. The van der Waals surface area contributed by atoms with Crippen molar-refractivity contribution in [2.24, 2.45) is 0 Å². The van der Waals surface area contributed by atoms with Crippen molar-refractivity contribution in [3.63, 3.8) is 0 Å². The van der Waals surface area contributed by atoms with E-state index in [2.05, 4.69) is 0 Å². The van der Waals surface area contributed by atoms with Crippen molar-refractivity contribution in [2.75, 3.05) is 0 Å². The molecule has 0 N–H and O–H groups in total. The van der Waals surface area contributed by atoms with Gasteiger partial charge in [0.15, 0.2) is 5.78 Å². The number of halogens is 1. The summed E-state index contributed by atoms with van der Waals surface area (Å²) in [6.07, 6.45) is 1.08. The molecule has 0 bridgehead atoms. The molecular weight excluding hydrogens is 296 g/mol. The van der Waals surface area contributed by atoms with E-state index >= 15 is 0 Å². The van der Waals surface area contributed by atoms with Crippen LogP contribution >= 0.6 is 11.6 Å². The minimum Gasteiger partial charge on any atom is -0.301 e. The molecule has 0 saturated heterocycles. The zero-order valence-corrected chi connectivity index (χ0v) is 11.8. The lowest BCUT2D eigenvalue weighted by molar-refractivity contribution is -0.385. The van der Waals surface area contributed by atoms with E-state index in [0.717, 1.165) is 16.8 Å². The van der Waals surface area contributed by atoms with E-state index in [4.69, 9.17) is 11.6 Å². The van der Waals surface area contributed by atoms with Gasteiger partial charge in [-0.2, -0.15) is 0 Å². The number of aromatic nitrogens is 1. The summed E-state index contributed by atoms with van der Waals surface area (Å²) in [5.74, 6) is -0.388. The van der Waals surface area contributed by atoms with Crippen LogP contribution in [0.1, 0.15) is 15.9 Å². The first-order valence-electron chi connectivity index (χ1n) is 6.03. The second-order valence-electron chi connectivity index (χ2n) is 4.47. The lowest BCUT2D eigenvalue weighted by Gasteiger charge is -2.07. The highest BCUT2D eigenvalue weighted by Crippen LogP contribution is 2.17. The Balaban J connectivity index is 2.38. The molecule has 0 atom stereocenters. The van der Waals surface area contributed by atoms with Gasteiger partial charge in [-0.15, -0.1) is 0 Å². The third-order valence-electron chi connectivity index (χ3n) is 2.99. The molecule has 2 rings (SSSR count). The minimum atomic E-state index is -0.592. The third kappa shape index (κ3) is 3.17. The molecule has 1 heterocycles. The summed E-state index contributed by atoms with van der Waals surface area (Å²) >= 11 is 5.92. The van der Waals surface area contributed by atoms with E-state index in [0.29, 0.717) is 0 Å². The van der Waals surface area contributed by atoms with Crippen LogP contribution in [0.3, 0.4) is 0 Å². The van der Waals surface area contributed by atoms with Gasteiger partial charge < -0.3 is 4.57 Å². The Kier molecular flexibility index (Phi) is 4.18. The van der Waals surface area contributed by atoms with E-state index in [1.54, 1.807) is 18.2 Å². The lowest BCUT2D eigenvalue weighted by Crippen LogP contribution is -2.24. The first-order valence-corrected chi connectivity index (χ1v) is 6.41. The third-order valence-corrected chi connectivity index (χ3v) is 3.32. The second-order valence-corrected chi connectivity index (χ2v) is 4.88. The van der Waals surface area contributed by atoms with Crippen LogP contribution in [0, 0.1) is 17.0 Å². The summed E-state index contributed by atoms with van der Waals surface area (Å²) in [5.41, 5.74) is -0.152. The van der Waals surface area contributed by atoms with Crippen LogP contribution in [0.25, 0.3) is 0 Å². The minimum absolute atomic E-state index is 0.207. The van der Waals surface area contributed by atoms with Crippen LogP contribution < -0.4 is 5.56 Å². The highest BCUT2D eigenvalue weighted by molar-refractivity contribution is 6.33. The number of pyridine rings is 1. The highest BCUT2D eigenvalue weighted by Gasteiger charge is 2.16. The number of aryl methyl sites for hydroxylation is 1. The molecule has 0 fully saturated rings. The van der Waals surface area contributed by atoms with Crippen LogP contribution in [0.5, 0.6) is 0 Å².